The highest BCUT2D eigenvalue weighted by Gasteiger charge is 2.51. The van der Waals surface area contributed by atoms with Crippen molar-refractivity contribution in [2.24, 2.45) is 5.92 Å². The number of likely N-dealkylation sites (tertiary alicyclic amines) is 1. The molecule has 3 aliphatic rings. The molecule has 0 bridgehead atoms. The van der Waals surface area contributed by atoms with E-state index < -0.39 is 37.6 Å². The van der Waals surface area contributed by atoms with Gasteiger partial charge in [-0.15, -0.1) is 0 Å². The standard InChI is InChI=1S/C30H32F2N2O5S/c1-29(2,3)39-28(36)34-13-9-19(10-14-34)5-6-20-15-22(17-24-23(20)18-27(35)30(24)11-4-12-30)33-40(37,38)26-8-7-21(31)16-25(26)32/h7-8,15-17,19,33H,4,9-14,18H2,1-3H3. The smallest absolute Gasteiger partial charge is 0.410 e. The molecule has 2 aromatic carbocycles. The van der Waals surface area contributed by atoms with Gasteiger partial charge in [-0.2, -0.15) is 0 Å². The second-order valence-corrected chi connectivity index (χ2v) is 13.4. The number of carbonyl (C=O) groups is 2. The van der Waals surface area contributed by atoms with Crippen LogP contribution in [-0.4, -0.2) is 43.9 Å². The molecule has 10 heteroatoms. The van der Waals surface area contributed by atoms with E-state index in [0.717, 1.165) is 29.7 Å². The molecule has 1 heterocycles. The maximum absolute atomic E-state index is 14.3. The summed E-state index contributed by atoms with van der Waals surface area (Å²) in [6.45, 7) is 6.49. The minimum absolute atomic E-state index is 0.0118. The van der Waals surface area contributed by atoms with Crippen LogP contribution in [0, 0.1) is 29.4 Å². The lowest BCUT2D eigenvalue weighted by Crippen LogP contribution is -2.41. The minimum atomic E-state index is -4.37. The highest BCUT2D eigenvalue weighted by Crippen LogP contribution is 2.51. The van der Waals surface area contributed by atoms with Gasteiger partial charge in [0.25, 0.3) is 10.0 Å². The van der Waals surface area contributed by atoms with Gasteiger partial charge in [0.05, 0.1) is 11.1 Å². The third-order valence-electron chi connectivity index (χ3n) is 7.84. The summed E-state index contributed by atoms with van der Waals surface area (Å²) in [6.07, 6.45) is 3.49. The largest absolute Gasteiger partial charge is 0.444 e. The van der Waals surface area contributed by atoms with E-state index in [2.05, 4.69) is 16.6 Å². The predicted octanol–water partition coefficient (Wildman–Crippen LogP) is 5.31. The first-order valence-electron chi connectivity index (χ1n) is 13.5. The molecule has 40 heavy (non-hydrogen) atoms. The summed E-state index contributed by atoms with van der Waals surface area (Å²) in [5, 5.41) is 0. The van der Waals surface area contributed by atoms with E-state index in [1.165, 1.54) is 0 Å². The van der Waals surface area contributed by atoms with Crippen LogP contribution < -0.4 is 4.72 Å². The van der Waals surface area contributed by atoms with Crippen LogP contribution in [-0.2, 0) is 31.4 Å². The van der Waals surface area contributed by atoms with Gasteiger partial charge in [0.2, 0.25) is 0 Å². The van der Waals surface area contributed by atoms with E-state index in [1.807, 2.05) is 20.8 Å². The van der Waals surface area contributed by atoms with Crippen LogP contribution in [0.3, 0.4) is 0 Å². The number of amides is 1. The van der Waals surface area contributed by atoms with Crippen molar-refractivity contribution in [2.45, 2.75) is 75.2 Å². The number of hydrogen-bond donors (Lipinski definition) is 1. The number of piperidine rings is 1. The predicted molar refractivity (Wildman–Crippen MR) is 145 cm³/mol. The Balaban J connectivity index is 1.42. The van der Waals surface area contributed by atoms with Gasteiger partial charge in [-0.05, 0) is 81.8 Å². The number of nitrogens with one attached hydrogen (secondary N) is 1. The quantitative estimate of drug-likeness (QED) is 0.505. The zero-order valence-corrected chi connectivity index (χ0v) is 23.6. The molecular formula is C30H32F2N2O5S. The molecule has 2 fully saturated rings. The normalized spacial score (nSPS) is 18.5. The Morgan fingerprint density at radius 1 is 1.12 bits per heavy atom. The second-order valence-electron chi connectivity index (χ2n) is 11.8. The fraction of sp³-hybridized carbons (Fsp3) is 0.467. The number of ketones is 1. The van der Waals surface area contributed by atoms with Crippen molar-refractivity contribution in [3.63, 3.8) is 0 Å². The Hall–Kier alpha value is -3.45. The summed E-state index contributed by atoms with van der Waals surface area (Å²) < 4.78 is 61.6. The fourth-order valence-electron chi connectivity index (χ4n) is 5.63. The molecule has 212 valence electrons. The number of nitrogens with zero attached hydrogens (tertiary/aromatic N) is 1. The van der Waals surface area contributed by atoms with Gasteiger partial charge >= 0.3 is 6.09 Å². The van der Waals surface area contributed by atoms with Crippen LogP contribution in [0.25, 0.3) is 0 Å². The van der Waals surface area contributed by atoms with Crippen molar-refractivity contribution in [3.05, 3.63) is 58.7 Å². The molecule has 1 saturated carbocycles. The van der Waals surface area contributed by atoms with E-state index in [9.17, 15) is 26.8 Å². The van der Waals surface area contributed by atoms with Crippen molar-refractivity contribution in [1.82, 2.24) is 4.90 Å². The SMILES string of the molecule is CC(C)(C)OC(=O)N1CCC(C#Cc2cc(NS(=O)(=O)c3ccc(F)cc3F)cc3c2CC(=O)C32CCC2)CC1. The Labute approximate surface area is 233 Å². The molecular weight excluding hydrogens is 538 g/mol. The van der Waals surface area contributed by atoms with E-state index in [-0.39, 0.29) is 29.9 Å². The molecule has 0 aromatic heterocycles. The van der Waals surface area contributed by atoms with Crippen molar-refractivity contribution in [1.29, 1.82) is 0 Å². The van der Waals surface area contributed by atoms with E-state index >= 15 is 0 Å². The highest BCUT2D eigenvalue weighted by atomic mass is 32.2. The summed E-state index contributed by atoms with van der Waals surface area (Å²) >= 11 is 0. The number of anilines is 1. The molecule has 1 N–H and O–H groups in total. The van der Waals surface area contributed by atoms with Gasteiger partial charge in [-0.1, -0.05) is 18.3 Å². The summed E-state index contributed by atoms with van der Waals surface area (Å²) in [5.41, 5.74) is 1.10. The molecule has 1 aliphatic heterocycles. The molecule has 5 rings (SSSR count). The molecule has 1 amide bonds. The lowest BCUT2D eigenvalue weighted by Gasteiger charge is -2.37. The summed E-state index contributed by atoms with van der Waals surface area (Å²) in [6, 6.07) is 5.51. The maximum Gasteiger partial charge on any atom is 0.410 e. The number of carbonyl (C=O) groups excluding carboxylic acids is 2. The summed E-state index contributed by atoms with van der Waals surface area (Å²) in [5.74, 6) is 4.50. The molecule has 0 unspecified atom stereocenters. The van der Waals surface area contributed by atoms with Crippen LogP contribution in [0.5, 0.6) is 0 Å². The second kappa shape index (κ2) is 10.2. The minimum Gasteiger partial charge on any atom is -0.444 e. The number of sulfonamides is 1. The molecule has 1 spiro atoms. The number of hydrogen-bond acceptors (Lipinski definition) is 5. The van der Waals surface area contributed by atoms with Crippen LogP contribution in [0.15, 0.2) is 35.2 Å². The van der Waals surface area contributed by atoms with Crippen LogP contribution in [0.4, 0.5) is 19.3 Å². The van der Waals surface area contributed by atoms with Crippen molar-refractivity contribution >= 4 is 27.6 Å². The van der Waals surface area contributed by atoms with Crippen molar-refractivity contribution in [3.8, 4) is 11.8 Å². The van der Waals surface area contributed by atoms with Crippen molar-refractivity contribution in [2.75, 3.05) is 17.8 Å². The van der Waals surface area contributed by atoms with Gasteiger partial charge in [0.15, 0.2) is 0 Å². The van der Waals surface area contributed by atoms with Crippen molar-refractivity contribution < 1.29 is 31.5 Å². The number of Topliss-reactive ketones (excluding diaryl/α,β-unsaturated/α-hetero) is 1. The van der Waals surface area contributed by atoms with Gasteiger partial charge in [-0.25, -0.2) is 22.0 Å². The molecule has 2 aromatic rings. The molecule has 7 nitrogen and oxygen atoms in total. The first-order valence-corrected chi connectivity index (χ1v) is 14.9. The van der Waals surface area contributed by atoms with Gasteiger partial charge < -0.3 is 9.64 Å². The van der Waals surface area contributed by atoms with E-state index in [4.69, 9.17) is 4.74 Å². The first kappa shape index (κ1) is 28.1. The van der Waals surface area contributed by atoms with Crippen LogP contribution in [0.1, 0.15) is 69.6 Å². The Morgan fingerprint density at radius 2 is 1.82 bits per heavy atom. The Morgan fingerprint density at radius 3 is 2.42 bits per heavy atom. The molecule has 0 atom stereocenters. The number of fused-ring (bicyclic) bond motifs is 2. The van der Waals surface area contributed by atoms with E-state index in [1.54, 1.807) is 17.0 Å². The average molecular weight is 571 g/mol. The number of halogens is 2. The summed E-state index contributed by atoms with van der Waals surface area (Å²) in [7, 11) is -4.37. The lowest BCUT2D eigenvalue weighted by atomic mass is 9.64. The highest BCUT2D eigenvalue weighted by molar-refractivity contribution is 7.92. The number of rotatable bonds is 3. The molecule has 2 aliphatic carbocycles. The third-order valence-corrected chi connectivity index (χ3v) is 9.25. The zero-order valence-electron chi connectivity index (χ0n) is 22.8. The maximum atomic E-state index is 14.3. The number of benzene rings is 2. The topological polar surface area (TPSA) is 92.8 Å². The Kier molecular flexibility index (Phi) is 7.15. The third kappa shape index (κ3) is 5.44. The van der Waals surface area contributed by atoms with Gasteiger partial charge in [0, 0.05) is 37.1 Å². The monoisotopic (exact) mass is 570 g/mol. The Bertz CT molecular complexity index is 1540. The van der Waals surface area contributed by atoms with Crippen LogP contribution >= 0.6 is 0 Å². The van der Waals surface area contributed by atoms with Gasteiger partial charge in [0.1, 0.15) is 27.9 Å². The summed E-state index contributed by atoms with van der Waals surface area (Å²) in [4.78, 5) is 26.4. The number of ether oxygens (including phenoxy) is 1. The van der Waals surface area contributed by atoms with Gasteiger partial charge in [-0.3, -0.25) is 9.52 Å². The molecule has 1 saturated heterocycles. The fourth-order valence-corrected chi connectivity index (χ4v) is 6.74. The van der Waals surface area contributed by atoms with E-state index in [0.29, 0.717) is 50.4 Å². The molecule has 0 radical (unpaired) electrons. The first-order chi connectivity index (χ1) is 18.8. The van der Waals surface area contributed by atoms with Crippen LogP contribution in [0.2, 0.25) is 0 Å². The zero-order chi connectivity index (χ0) is 28.9. The average Bonchev–Trinajstić information content (AvgIpc) is 3.13. The lowest BCUT2D eigenvalue weighted by molar-refractivity contribution is -0.125.